The van der Waals surface area contributed by atoms with Crippen LogP contribution in [0.5, 0.6) is 0 Å². The second kappa shape index (κ2) is 10.6. The Morgan fingerprint density at radius 2 is 1.66 bits per heavy atom. The highest BCUT2D eigenvalue weighted by Crippen LogP contribution is 2.42. The number of sulfonamides is 1. The number of hydrogen-bond donors (Lipinski definition) is 1. The summed E-state index contributed by atoms with van der Waals surface area (Å²) in [4.78, 5) is 15.8. The minimum absolute atomic E-state index is 0.0328. The number of alkyl halides is 8. The number of aromatic nitrogens is 2. The number of thioether (sulfide) groups is 1. The van der Waals surface area contributed by atoms with E-state index in [0.29, 0.717) is 16.6 Å². The van der Waals surface area contributed by atoms with Crippen LogP contribution in [0.2, 0.25) is 0 Å². The molecular weight excluding hydrogens is 590 g/mol. The molecule has 2 aliphatic rings. The molecule has 1 aromatic rings. The summed E-state index contributed by atoms with van der Waals surface area (Å²) in [7, 11) is -4.88. The molecule has 2 aliphatic heterocycles. The summed E-state index contributed by atoms with van der Waals surface area (Å²) in [6.07, 6.45) is -12.6. The minimum Gasteiger partial charge on any atom is -0.261 e. The van der Waals surface area contributed by atoms with Gasteiger partial charge in [-0.25, -0.2) is 13.2 Å². The number of halogens is 8. The molecule has 0 aliphatic carbocycles. The molecular formula is C21H19F8N3O3S3. The summed E-state index contributed by atoms with van der Waals surface area (Å²) in [5.41, 5.74) is -2.04. The van der Waals surface area contributed by atoms with Gasteiger partial charge in [0.15, 0.2) is 5.82 Å². The van der Waals surface area contributed by atoms with Crippen molar-refractivity contribution in [3.05, 3.63) is 50.9 Å². The lowest BCUT2D eigenvalue weighted by atomic mass is 10.1. The van der Waals surface area contributed by atoms with Crippen LogP contribution in [0.25, 0.3) is 5.69 Å². The third kappa shape index (κ3) is 6.25. The van der Waals surface area contributed by atoms with Crippen molar-refractivity contribution in [1.29, 1.82) is 0 Å². The van der Waals surface area contributed by atoms with E-state index in [1.165, 1.54) is 6.92 Å². The molecule has 0 saturated carbocycles. The van der Waals surface area contributed by atoms with Gasteiger partial charge in [0.1, 0.15) is 5.69 Å². The molecule has 210 valence electrons. The fourth-order valence-electron chi connectivity index (χ4n) is 3.36. The van der Waals surface area contributed by atoms with Gasteiger partial charge in [-0.1, -0.05) is 12.1 Å². The predicted octanol–water partition coefficient (Wildman–Crippen LogP) is 6.63. The first kappa shape index (κ1) is 30.1. The second-order valence-corrected chi connectivity index (χ2v) is 12.3. The Bertz CT molecular complexity index is 1450. The lowest BCUT2D eigenvalue weighted by molar-refractivity contribution is -0.284. The molecule has 1 N–H and O–H groups in total. The van der Waals surface area contributed by atoms with E-state index >= 15 is 0 Å². The molecule has 0 aromatic heterocycles. The Morgan fingerprint density at radius 3 is 2.26 bits per heavy atom. The molecule has 0 spiro atoms. The third-order valence-corrected chi connectivity index (χ3v) is 9.31. The fraction of sp³-hybridized carbons (Fsp3) is 0.429. The predicted molar refractivity (Wildman–Crippen MR) is 126 cm³/mol. The van der Waals surface area contributed by atoms with Gasteiger partial charge in [0.05, 0.1) is 14.7 Å². The van der Waals surface area contributed by atoms with Crippen molar-refractivity contribution in [2.45, 2.75) is 60.5 Å². The number of fused-ring (bicyclic) bond motifs is 1. The summed E-state index contributed by atoms with van der Waals surface area (Å²) in [6, 6.07) is 3.42. The van der Waals surface area contributed by atoms with Crippen LogP contribution in [0.15, 0.2) is 38.2 Å². The molecule has 3 rings (SSSR count). The molecule has 2 heterocycles. The summed E-state index contributed by atoms with van der Waals surface area (Å²) in [5, 5.41) is 0. The molecule has 1 aromatic carbocycles. The molecule has 0 bridgehead atoms. The van der Waals surface area contributed by atoms with Crippen molar-refractivity contribution in [1.82, 2.24) is 9.55 Å². The van der Waals surface area contributed by atoms with E-state index < -0.39 is 63.1 Å². The number of imidazole rings is 1. The first-order valence-electron chi connectivity index (χ1n) is 10.7. The number of unbranched alkanes of at least 4 members (excludes halogenated alkanes) is 1. The van der Waals surface area contributed by atoms with E-state index in [0.717, 1.165) is 45.9 Å². The third-order valence-electron chi connectivity index (χ3n) is 5.38. The topological polar surface area (TPSA) is 81.1 Å². The van der Waals surface area contributed by atoms with Gasteiger partial charge in [0.25, 0.3) is 10.0 Å². The molecule has 0 saturated heterocycles. The van der Waals surface area contributed by atoms with Crippen LogP contribution in [0.1, 0.15) is 35.4 Å². The maximum atomic E-state index is 13.4. The highest BCUT2D eigenvalue weighted by molar-refractivity contribution is 8.01. The molecule has 6 nitrogen and oxygen atoms in total. The van der Waals surface area contributed by atoms with Gasteiger partial charge in [-0.3, -0.25) is 9.29 Å². The first-order chi connectivity index (χ1) is 17.4. The van der Waals surface area contributed by atoms with Gasteiger partial charge in [-0.2, -0.15) is 40.1 Å². The SMILES string of the molecule is Cc1sc(SCCCCC(F)(F)C(F)(F)F)c2c(NS(=O)(=O)c3ccccc3C(F)(F)F)nc(=O)n-2c1C. The van der Waals surface area contributed by atoms with Gasteiger partial charge in [-0.05, 0) is 44.6 Å². The molecule has 0 radical (unpaired) electrons. The number of nitrogens with one attached hydrogen (secondary N) is 1. The van der Waals surface area contributed by atoms with Gasteiger partial charge >= 0.3 is 24.0 Å². The summed E-state index contributed by atoms with van der Waals surface area (Å²) in [6.45, 7) is 3.17. The van der Waals surface area contributed by atoms with Crippen molar-refractivity contribution in [2.75, 3.05) is 10.5 Å². The highest BCUT2D eigenvalue weighted by atomic mass is 32.2. The normalized spacial score (nSPS) is 13.3. The number of hydrogen-bond acceptors (Lipinski definition) is 6. The number of nitrogens with zero attached hydrogens (tertiary/aromatic N) is 2. The van der Waals surface area contributed by atoms with E-state index in [9.17, 15) is 48.3 Å². The number of benzene rings is 1. The van der Waals surface area contributed by atoms with Crippen molar-refractivity contribution in [3.8, 4) is 5.69 Å². The van der Waals surface area contributed by atoms with Crippen LogP contribution in [0.4, 0.5) is 40.9 Å². The highest BCUT2D eigenvalue weighted by Gasteiger charge is 2.56. The summed E-state index contributed by atoms with van der Waals surface area (Å²) in [5.74, 6) is -5.35. The first-order valence-corrected chi connectivity index (χ1v) is 13.9. The van der Waals surface area contributed by atoms with Crippen molar-refractivity contribution in [2.24, 2.45) is 0 Å². The zero-order chi connectivity index (χ0) is 28.7. The van der Waals surface area contributed by atoms with Crippen LogP contribution in [0.3, 0.4) is 0 Å². The van der Waals surface area contributed by atoms with Crippen LogP contribution in [-0.2, 0) is 16.2 Å². The minimum atomic E-state index is -5.67. The number of aryl methyl sites for hydroxylation is 1. The van der Waals surface area contributed by atoms with Crippen molar-refractivity contribution < 1.29 is 43.5 Å². The van der Waals surface area contributed by atoms with E-state index in [1.807, 2.05) is 4.72 Å². The van der Waals surface area contributed by atoms with Crippen LogP contribution in [-0.4, -0.2) is 35.8 Å². The van der Waals surface area contributed by atoms with Crippen molar-refractivity contribution in [3.63, 3.8) is 0 Å². The summed E-state index contributed by atoms with van der Waals surface area (Å²) >= 11 is 2.04. The Kier molecular flexibility index (Phi) is 8.44. The molecule has 0 unspecified atom stereocenters. The van der Waals surface area contributed by atoms with Crippen LogP contribution in [0, 0.1) is 13.8 Å². The maximum Gasteiger partial charge on any atom is 0.453 e. The van der Waals surface area contributed by atoms with Crippen LogP contribution < -0.4 is 10.4 Å². The lowest BCUT2D eigenvalue weighted by Crippen LogP contribution is -2.36. The van der Waals surface area contributed by atoms with E-state index in [1.54, 1.807) is 6.92 Å². The molecule has 0 atom stereocenters. The molecule has 38 heavy (non-hydrogen) atoms. The lowest BCUT2D eigenvalue weighted by Gasteiger charge is -2.19. The Labute approximate surface area is 219 Å². The number of rotatable bonds is 9. The van der Waals surface area contributed by atoms with Gasteiger partial charge in [-0.15, -0.1) is 23.1 Å². The second-order valence-electron chi connectivity index (χ2n) is 8.07. The maximum absolute atomic E-state index is 13.4. The quantitative estimate of drug-likeness (QED) is 0.167. The largest absolute Gasteiger partial charge is 0.453 e. The molecule has 0 fully saturated rings. The Morgan fingerprint density at radius 1 is 1.03 bits per heavy atom. The van der Waals surface area contributed by atoms with Gasteiger partial charge in [0, 0.05) is 17.0 Å². The average molecular weight is 610 g/mol. The fourth-order valence-corrected chi connectivity index (χ4v) is 7.12. The van der Waals surface area contributed by atoms with Crippen molar-refractivity contribution >= 4 is 38.9 Å². The monoisotopic (exact) mass is 609 g/mol. The Balaban J connectivity index is 1.92. The average Bonchev–Trinajstić information content (AvgIpc) is 3.10. The number of anilines is 1. The van der Waals surface area contributed by atoms with E-state index in [4.69, 9.17) is 0 Å². The molecule has 17 heteroatoms. The van der Waals surface area contributed by atoms with Gasteiger partial charge < -0.3 is 0 Å². The van der Waals surface area contributed by atoms with Gasteiger partial charge in [0.2, 0.25) is 0 Å². The van der Waals surface area contributed by atoms with Crippen LogP contribution >= 0.6 is 23.1 Å². The zero-order valence-electron chi connectivity index (χ0n) is 19.5. The van der Waals surface area contributed by atoms with E-state index in [-0.39, 0.29) is 22.1 Å². The zero-order valence-corrected chi connectivity index (χ0v) is 22.0. The van der Waals surface area contributed by atoms with E-state index in [2.05, 4.69) is 4.98 Å². The smallest absolute Gasteiger partial charge is 0.261 e. The summed E-state index contributed by atoms with van der Waals surface area (Å²) < 4.78 is 133. The molecule has 0 amide bonds. The Hall–Kier alpha value is -2.40. The standard InChI is InChI=1S/C21H19F8N3O3S3/c1-11-12(2)37-17(36-10-6-5-9-19(22,23)21(27,28)29)15-16(30-18(33)32(11)15)31-38(34,35)14-8-4-3-7-13(14)20(24,25)26/h3-4,7-8H,5-6,9-10H2,1-2H3,(H,30,31,33).